The highest BCUT2D eigenvalue weighted by Crippen LogP contribution is 2.16. The van der Waals surface area contributed by atoms with E-state index in [2.05, 4.69) is 5.10 Å². The predicted molar refractivity (Wildman–Crippen MR) is 59.7 cm³/mol. The fourth-order valence-electron chi connectivity index (χ4n) is 1.51. The first-order valence-corrected chi connectivity index (χ1v) is 6.42. The van der Waals surface area contributed by atoms with E-state index in [1.54, 1.807) is 29.9 Å². The van der Waals surface area contributed by atoms with Gasteiger partial charge in [0.1, 0.15) is 4.90 Å². The smallest absolute Gasteiger partial charge is 0.270 e. The van der Waals surface area contributed by atoms with Crippen molar-refractivity contribution in [1.82, 2.24) is 13.8 Å². The minimum Gasteiger partial charge on any atom is -0.271 e. The summed E-state index contributed by atoms with van der Waals surface area (Å²) in [4.78, 5) is 0.255. The molecule has 0 spiro atoms. The van der Waals surface area contributed by atoms with Gasteiger partial charge in [0.05, 0.1) is 5.69 Å². The lowest BCUT2D eigenvalue weighted by Crippen LogP contribution is -2.11. The fraction of sp³-hybridized carbons (Fsp3) is 0.300. The third-order valence-corrected chi connectivity index (χ3v) is 4.11. The molecule has 0 aliphatic carbocycles. The van der Waals surface area contributed by atoms with Crippen LogP contribution in [0.5, 0.6) is 0 Å². The van der Waals surface area contributed by atoms with Gasteiger partial charge in [0.25, 0.3) is 10.0 Å². The van der Waals surface area contributed by atoms with Crippen LogP contribution in [0, 0.1) is 6.92 Å². The summed E-state index contributed by atoms with van der Waals surface area (Å²) in [5, 5.41) is 4.13. The summed E-state index contributed by atoms with van der Waals surface area (Å²) in [5.74, 6) is 0. The Kier molecular flexibility index (Phi) is 2.59. The first-order chi connectivity index (χ1) is 7.55. The maximum absolute atomic E-state index is 12.2. The van der Waals surface area contributed by atoms with Crippen molar-refractivity contribution in [3.8, 4) is 0 Å². The van der Waals surface area contributed by atoms with Gasteiger partial charge in [0.2, 0.25) is 0 Å². The maximum atomic E-state index is 12.2. The van der Waals surface area contributed by atoms with Gasteiger partial charge in [-0.2, -0.15) is 5.10 Å². The Morgan fingerprint density at radius 3 is 2.44 bits per heavy atom. The average Bonchev–Trinajstić information content (AvgIpc) is 2.85. The molecular formula is C10H13N3O2S. The molecular weight excluding hydrogens is 226 g/mol. The van der Waals surface area contributed by atoms with Crippen LogP contribution < -0.4 is 0 Å². The van der Waals surface area contributed by atoms with Crippen LogP contribution in [-0.2, 0) is 16.6 Å². The van der Waals surface area contributed by atoms with Crippen LogP contribution in [0.15, 0.2) is 35.6 Å². The Morgan fingerprint density at radius 2 is 1.94 bits per heavy atom. The molecule has 0 N–H and O–H groups in total. The van der Waals surface area contributed by atoms with Crippen molar-refractivity contribution in [1.29, 1.82) is 0 Å². The maximum Gasteiger partial charge on any atom is 0.270 e. The minimum absolute atomic E-state index is 0.255. The molecule has 0 fully saturated rings. The van der Waals surface area contributed by atoms with E-state index < -0.39 is 10.0 Å². The summed E-state index contributed by atoms with van der Waals surface area (Å²) in [5.41, 5.74) is 0.524. The monoisotopic (exact) mass is 239 g/mol. The molecule has 86 valence electrons. The topological polar surface area (TPSA) is 56.9 Å². The molecule has 6 heteroatoms. The predicted octanol–water partition coefficient (Wildman–Crippen LogP) is 1.25. The van der Waals surface area contributed by atoms with Gasteiger partial charge >= 0.3 is 0 Å². The standard InChI is InChI=1S/C10H13N3O2S/c1-3-12-8-10(9(2)11-12)16(14,15)13-6-4-5-7-13/h4-8H,3H2,1-2H3. The third kappa shape index (κ3) is 1.65. The van der Waals surface area contributed by atoms with Crippen molar-refractivity contribution in [2.75, 3.05) is 0 Å². The van der Waals surface area contributed by atoms with Crippen molar-refractivity contribution >= 4 is 10.0 Å². The number of hydrogen-bond acceptors (Lipinski definition) is 3. The Balaban J connectivity index is 2.56. The lowest BCUT2D eigenvalue weighted by atomic mass is 10.5. The van der Waals surface area contributed by atoms with E-state index in [0.29, 0.717) is 12.2 Å². The number of aromatic nitrogens is 3. The molecule has 0 aromatic carbocycles. The summed E-state index contributed by atoms with van der Waals surface area (Å²) < 4.78 is 27.1. The van der Waals surface area contributed by atoms with E-state index in [-0.39, 0.29) is 4.90 Å². The molecule has 2 aromatic rings. The highest BCUT2D eigenvalue weighted by Gasteiger charge is 2.21. The van der Waals surface area contributed by atoms with Gasteiger partial charge in [-0.05, 0) is 26.0 Å². The highest BCUT2D eigenvalue weighted by atomic mass is 32.2. The van der Waals surface area contributed by atoms with Gasteiger partial charge in [0, 0.05) is 25.1 Å². The molecule has 0 aliphatic rings. The van der Waals surface area contributed by atoms with E-state index >= 15 is 0 Å². The van der Waals surface area contributed by atoms with Crippen LogP contribution in [0.1, 0.15) is 12.6 Å². The summed E-state index contributed by atoms with van der Waals surface area (Å²) in [6.45, 7) is 4.27. The number of aryl methyl sites for hydroxylation is 2. The zero-order valence-electron chi connectivity index (χ0n) is 9.16. The van der Waals surface area contributed by atoms with E-state index in [4.69, 9.17) is 0 Å². The fourth-order valence-corrected chi connectivity index (χ4v) is 2.86. The second-order valence-electron chi connectivity index (χ2n) is 3.45. The molecule has 0 aliphatic heterocycles. The summed E-state index contributed by atoms with van der Waals surface area (Å²) in [6, 6.07) is 3.36. The molecule has 0 saturated carbocycles. The van der Waals surface area contributed by atoms with Gasteiger partial charge in [-0.3, -0.25) is 4.68 Å². The van der Waals surface area contributed by atoms with Crippen LogP contribution in [-0.4, -0.2) is 22.2 Å². The van der Waals surface area contributed by atoms with Crippen molar-refractivity contribution in [3.05, 3.63) is 36.4 Å². The molecule has 0 saturated heterocycles. The average molecular weight is 239 g/mol. The molecule has 0 bridgehead atoms. The lowest BCUT2D eigenvalue weighted by molar-refractivity contribution is 0.586. The van der Waals surface area contributed by atoms with Crippen LogP contribution in [0.25, 0.3) is 0 Å². The Hall–Kier alpha value is -1.56. The van der Waals surface area contributed by atoms with Crippen molar-refractivity contribution < 1.29 is 8.42 Å². The van der Waals surface area contributed by atoms with Crippen molar-refractivity contribution in [2.45, 2.75) is 25.3 Å². The first-order valence-electron chi connectivity index (χ1n) is 4.98. The van der Waals surface area contributed by atoms with Crippen LogP contribution in [0.3, 0.4) is 0 Å². The van der Waals surface area contributed by atoms with Crippen LogP contribution in [0.4, 0.5) is 0 Å². The molecule has 0 amide bonds. The SMILES string of the molecule is CCn1cc(S(=O)(=O)n2cccc2)c(C)n1. The Labute approximate surface area is 94.4 Å². The molecule has 0 radical (unpaired) electrons. The van der Waals surface area contributed by atoms with Gasteiger partial charge in [-0.25, -0.2) is 12.4 Å². The molecule has 2 rings (SSSR count). The zero-order valence-corrected chi connectivity index (χ0v) is 9.98. The summed E-state index contributed by atoms with van der Waals surface area (Å²) in [7, 11) is -3.48. The molecule has 5 nitrogen and oxygen atoms in total. The molecule has 0 unspecified atom stereocenters. The second-order valence-corrected chi connectivity index (χ2v) is 5.26. The van der Waals surface area contributed by atoms with E-state index in [9.17, 15) is 8.42 Å². The number of nitrogens with zero attached hydrogens (tertiary/aromatic N) is 3. The van der Waals surface area contributed by atoms with Gasteiger partial charge < -0.3 is 0 Å². The molecule has 0 atom stereocenters. The van der Waals surface area contributed by atoms with Gasteiger partial charge in [-0.1, -0.05) is 0 Å². The number of rotatable bonds is 3. The Morgan fingerprint density at radius 1 is 1.31 bits per heavy atom. The highest BCUT2D eigenvalue weighted by molar-refractivity contribution is 7.90. The first kappa shape index (κ1) is 10.9. The van der Waals surface area contributed by atoms with Crippen molar-refractivity contribution in [3.63, 3.8) is 0 Å². The van der Waals surface area contributed by atoms with E-state index in [1.807, 2.05) is 6.92 Å². The largest absolute Gasteiger partial charge is 0.271 e. The molecule has 2 aromatic heterocycles. The molecule has 2 heterocycles. The second kappa shape index (κ2) is 3.79. The summed E-state index contributed by atoms with van der Waals surface area (Å²) >= 11 is 0. The zero-order chi connectivity index (χ0) is 11.8. The normalized spacial score (nSPS) is 11.9. The molecule has 16 heavy (non-hydrogen) atoms. The van der Waals surface area contributed by atoms with Gasteiger partial charge in [-0.15, -0.1) is 0 Å². The van der Waals surface area contributed by atoms with E-state index in [0.717, 1.165) is 0 Å². The van der Waals surface area contributed by atoms with E-state index in [1.165, 1.54) is 16.4 Å². The third-order valence-electron chi connectivity index (χ3n) is 2.36. The summed E-state index contributed by atoms with van der Waals surface area (Å²) in [6.07, 6.45) is 4.58. The van der Waals surface area contributed by atoms with Crippen molar-refractivity contribution in [2.24, 2.45) is 0 Å². The number of hydrogen-bond donors (Lipinski definition) is 0. The quantitative estimate of drug-likeness (QED) is 0.810. The Bertz CT molecular complexity index is 582. The lowest BCUT2D eigenvalue weighted by Gasteiger charge is -2.02. The van der Waals surface area contributed by atoms with Crippen LogP contribution >= 0.6 is 0 Å². The van der Waals surface area contributed by atoms with Crippen LogP contribution in [0.2, 0.25) is 0 Å². The minimum atomic E-state index is -3.48. The van der Waals surface area contributed by atoms with Gasteiger partial charge in [0.15, 0.2) is 0 Å².